The second-order valence-corrected chi connectivity index (χ2v) is 6.60. The van der Waals surface area contributed by atoms with E-state index >= 15 is 0 Å². The van der Waals surface area contributed by atoms with Gasteiger partial charge >= 0.3 is 0 Å². The lowest BCUT2D eigenvalue weighted by atomic mass is 9.97. The Morgan fingerprint density at radius 2 is 1.93 bits per heavy atom. The molecule has 0 unspecified atom stereocenters. The van der Waals surface area contributed by atoms with Gasteiger partial charge in [0.25, 0.3) is 0 Å². The van der Waals surface area contributed by atoms with Crippen LogP contribution in [0.2, 0.25) is 0 Å². The van der Waals surface area contributed by atoms with E-state index in [4.69, 9.17) is 10.5 Å². The van der Waals surface area contributed by atoms with Gasteiger partial charge in [-0.25, -0.2) is 4.39 Å². The van der Waals surface area contributed by atoms with E-state index in [-0.39, 0.29) is 5.82 Å². The normalized spacial score (nSPS) is 11.4. The van der Waals surface area contributed by atoms with Crippen LogP contribution in [0.15, 0.2) is 48.7 Å². The number of hydrogen-bond donors (Lipinski definition) is 2. The summed E-state index contributed by atoms with van der Waals surface area (Å²) in [6, 6.07) is 13.1. The van der Waals surface area contributed by atoms with Gasteiger partial charge in [0, 0.05) is 22.5 Å². The van der Waals surface area contributed by atoms with Crippen LogP contribution in [0.1, 0.15) is 18.4 Å². The smallest absolute Gasteiger partial charge is 0.147 e. The number of methoxy groups -OCH3 is 1. The number of hydrogen-bond acceptors (Lipinski definition) is 3. The number of benzene rings is 2. The minimum atomic E-state index is -0.241. The van der Waals surface area contributed by atoms with Gasteiger partial charge in [0.05, 0.1) is 18.3 Å². The van der Waals surface area contributed by atoms with Crippen LogP contribution in [0.25, 0.3) is 33.1 Å². The van der Waals surface area contributed by atoms with Crippen molar-refractivity contribution < 1.29 is 9.13 Å². The number of fused-ring (bicyclic) bond motifs is 2. The van der Waals surface area contributed by atoms with Crippen molar-refractivity contribution in [1.29, 1.82) is 0 Å². The van der Waals surface area contributed by atoms with E-state index in [0.717, 1.165) is 58.1 Å². The van der Waals surface area contributed by atoms with Gasteiger partial charge in [-0.2, -0.15) is 0 Å². The fraction of sp³-hybridized carbons (Fsp3) is 0.227. The molecule has 27 heavy (non-hydrogen) atoms. The predicted octanol–water partition coefficient (Wildman–Crippen LogP) is 4.81. The maximum absolute atomic E-state index is 14.4. The Kier molecular flexibility index (Phi) is 4.77. The molecular weight excluding hydrogens is 341 g/mol. The Hall–Kier alpha value is -2.92. The molecule has 0 saturated heterocycles. The minimum Gasteiger partial charge on any atom is -0.494 e. The van der Waals surface area contributed by atoms with Crippen LogP contribution in [0, 0.1) is 5.82 Å². The van der Waals surface area contributed by atoms with Crippen LogP contribution < -0.4 is 10.5 Å². The van der Waals surface area contributed by atoms with E-state index in [1.54, 1.807) is 19.4 Å². The molecule has 0 bridgehead atoms. The molecule has 2 heterocycles. The number of unbranched alkanes of at least 4 members (excludes halogenated alkanes) is 1. The van der Waals surface area contributed by atoms with Crippen molar-refractivity contribution in [3.05, 3.63) is 60.0 Å². The lowest BCUT2D eigenvalue weighted by molar-refractivity contribution is 0.419. The molecule has 5 heteroatoms. The van der Waals surface area contributed by atoms with Crippen molar-refractivity contribution in [2.45, 2.75) is 19.3 Å². The summed E-state index contributed by atoms with van der Waals surface area (Å²) in [6.07, 6.45) is 4.48. The molecule has 0 aliphatic heterocycles. The highest BCUT2D eigenvalue weighted by molar-refractivity contribution is 6.01. The lowest BCUT2D eigenvalue weighted by Gasteiger charge is -2.11. The lowest BCUT2D eigenvalue weighted by Crippen LogP contribution is -1.99. The number of aromatic amines is 1. The number of para-hydroxylation sites is 1. The van der Waals surface area contributed by atoms with Gasteiger partial charge in [-0.15, -0.1) is 0 Å². The van der Waals surface area contributed by atoms with Crippen molar-refractivity contribution in [3.63, 3.8) is 0 Å². The van der Waals surface area contributed by atoms with Crippen molar-refractivity contribution in [3.8, 4) is 17.0 Å². The van der Waals surface area contributed by atoms with Crippen LogP contribution in [0.4, 0.5) is 4.39 Å². The molecule has 0 saturated carbocycles. The van der Waals surface area contributed by atoms with Crippen LogP contribution >= 0.6 is 0 Å². The van der Waals surface area contributed by atoms with Gasteiger partial charge in [-0.1, -0.05) is 18.2 Å². The number of nitrogens with zero attached hydrogens (tertiary/aromatic N) is 1. The van der Waals surface area contributed by atoms with Crippen LogP contribution in [0.5, 0.6) is 5.75 Å². The summed E-state index contributed by atoms with van der Waals surface area (Å²) in [6.45, 7) is 0.654. The maximum atomic E-state index is 14.4. The molecule has 0 atom stereocenters. The summed E-state index contributed by atoms with van der Waals surface area (Å²) in [5.74, 6) is 0.482. The second-order valence-electron chi connectivity index (χ2n) is 6.60. The summed E-state index contributed by atoms with van der Waals surface area (Å²) in [4.78, 5) is 7.82. The van der Waals surface area contributed by atoms with E-state index in [2.05, 4.69) is 9.97 Å². The number of nitrogens with one attached hydrogen (secondary N) is 1. The minimum absolute atomic E-state index is 0.241. The SMILES string of the molecule is COc1ccc(-c2[nH]c3c(F)cccc3c2CCCCN)c2cccnc12. The molecule has 0 aliphatic rings. The zero-order valence-corrected chi connectivity index (χ0v) is 15.3. The van der Waals surface area contributed by atoms with E-state index in [1.807, 2.05) is 30.3 Å². The number of ether oxygens (including phenoxy) is 1. The van der Waals surface area contributed by atoms with Crippen molar-refractivity contribution in [1.82, 2.24) is 9.97 Å². The third-order valence-electron chi connectivity index (χ3n) is 4.99. The molecule has 4 nitrogen and oxygen atoms in total. The fourth-order valence-corrected chi connectivity index (χ4v) is 3.70. The van der Waals surface area contributed by atoms with Gasteiger partial charge in [0.15, 0.2) is 0 Å². The zero-order chi connectivity index (χ0) is 18.8. The quantitative estimate of drug-likeness (QED) is 0.483. The van der Waals surface area contributed by atoms with Crippen LogP contribution in [0.3, 0.4) is 0 Å². The first-order valence-corrected chi connectivity index (χ1v) is 9.16. The van der Waals surface area contributed by atoms with E-state index in [1.165, 1.54) is 6.07 Å². The molecule has 138 valence electrons. The molecular formula is C22H22FN3O. The van der Waals surface area contributed by atoms with E-state index in [9.17, 15) is 4.39 Å². The number of aryl methyl sites for hydroxylation is 1. The van der Waals surface area contributed by atoms with Crippen molar-refractivity contribution in [2.75, 3.05) is 13.7 Å². The summed E-state index contributed by atoms with van der Waals surface area (Å²) < 4.78 is 19.9. The predicted molar refractivity (Wildman–Crippen MR) is 108 cm³/mol. The largest absolute Gasteiger partial charge is 0.494 e. The molecule has 0 aliphatic carbocycles. The molecule has 0 radical (unpaired) electrons. The van der Waals surface area contributed by atoms with Gasteiger partial charge < -0.3 is 15.5 Å². The number of aromatic nitrogens is 2. The van der Waals surface area contributed by atoms with Crippen molar-refractivity contribution in [2.24, 2.45) is 5.73 Å². The topological polar surface area (TPSA) is 63.9 Å². The third kappa shape index (κ3) is 3.04. The molecule has 0 fully saturated rings. The maximum Gasteiger partial charge on any atom is 0.147 e. The third-order valence-corrected chi connectivity index (χ3v) is 4.99. The van der Waals surface area contributed by atoms with Gasteiger partial charge in [-0.05, 0) is 55.6 Å². The van der Waals surface area contributed by atoms with E-state index in [0.29, 0.717) is 12.1 Å². The van der Waals surface area contributed by atoms with Crippen LogP contribution in [-0.2, 0) is 6.42 Å². The molecule has 3 N–H and O–H groups in total. The number of nitrogens with two attached hydrogens (primary N) is 1. The highest BCUT2D eigenvalue weighted by Crippen LogP contribution is 2.38. The van der Waals surface area contributed by atoms with Gasteiger partial charge in [-0.3, -0.25) is 4.98 Å². The Morgan fingerprint density at radius 3 is 2.74 bits per heavy atom. The average molecular weight is 363 g/mol. The Balaban J connectivity index is 1.97. The Bertz CT molecular complexity index is 1100. The van der Waals surface area contributed by atoms with Crippen LogP contribution in [-0.4, -0.2) is 23.6 Å². The zero-order valence-electron chi connectivity index (χ0n) is 15.3. The highest BCUT2D eigenvalue weighted by Gasteiger charge is 2.18. The summed E-state index contributed by atoms with van der Waals surface area (Å²) in [7, 11) is 1.64. The van der Waals surface area contributed by atoms with Crippen molar-refractivity contribution >= 4 is 21.8 Å². The number of halogens is 1. The number of H-pyrrole nitrogens is 1. The highest BCUT2D eigenvalue weighted by atomic mass is 19.1. The number of rotatable bonds is 6. The molecule has 4 rings (SSSR count). The van der Waals surface area contributed by atoms with Gasteiger partial charge in [0.2, 0.25) is 0 Å². The average Bonchev–Trinajstić information content (AvgIpc) is 3.07. The Morgan fingerprint density at radius 1 is 1.07 bits per heavy atom. The summed E-state index contributed by atoms with van der Waals surface area (Å²) in [5, 5.41) is 1.90. The second kappa shape index (κ2) is 7.37. The number of pyridine rings is 1. The first kappa shape index (κ1) is 17.5. The summed E-state index contributed by atoms with van der Waals surface area (Å²) >= 11 is 0. The van der Waals surface area contributed by atoms with Gasteiger partial charge in [0.1, 0.15) is 17.1 Å². The molecule has 4 aromatic rings. The first-order chi connectivity index (χ1) is 13.2. The monoisotopic (exact) mass is 363 g/mol. The molecule has 2 aromatic carbocycles. The Labute approximate surface area is 157 Å². The molecule has 0 amide bonds. The molecule has 0 spiro atoms. The first-order valence-electron chi connectivity index (χ1n) is 9.16. The summed E-state index contributed by atoms with van der Waals surface area (Å²) in [5.41, 5.74) is 10.1. The van der Waals surface area contributed by atoms with E-state index < -0.39 is 0 Å². The molecule has 2 aromatic heterocycles. The standard InChI is InChI=1S/C22H22FN3O/c1-27-19-11-10-17(16-8-5-13-25-22(16)19)20-14(6-2-3-12-24)15-7-4-9-18(23)21(15)26-20/h4-5,7-11,13,26H,2-3,6,12,24H2,1H3. The fourth-order valence-electron chi connectivity index (χ4n) is 3.70.